The first-order valence-electron chi connectivity index (χ1n) is 22.2. The van der Waals surface area contributed by atoms with E-state index in [0.717, 1.165) is 98.6 Å². The molecule has 2 heterocycles. The number of unbranched alkanes of at least 4 members (excludes halogenated alkanes) is 6. The molecule has 0 spiro atoms. The highest BCUT2D eigenvalue weighted by Gasteiger charge is 2.33. The number of aromatic nitrogens is 1. The number of nitrogens with one attached hydrogen (secondary N) is 3. The number of phenolic OH excluding ortho intramolecular Hbond substituents is 1. The van der Waals surface area contributed by atoms with Gasteiger partial charge in [-0.15, -0.1) is 0 Å². The highest BCUT2D eigenvalue weighted by Crippen LogP contribution is 2.33. The zero-order valence-corrected chi connectivity index (χ0v) is 37.3. The van der Waals surface area contributed by atoms with Crippen molar-refractivity contribution in [1.29, 1.82) is 0 Å². The van der Waals surface area contributed by atoms with Crippen molar-refractivity contribution in [1.82, 2.24) is 20.5 Å². The van der Waals surface area contributed by atoms with E-state index in [-0.39, 0.29) is 29.1 Å². The summed E-state index contributed by atoms with van der Waals surface area (Å²) in [5, 5.41) is 28.0. The summed E-state index contributed by atoms with van der Waals surface area (Å²) in [6.07, 6.45) is 8.74. The number of alkyl carbamates (subject to hydrolysis) is 1. The Hall–Kier alpha value is -5.01. The second-order valence-electron chi connectivity index (χ2n) is 16.3. The number of hydrogen-bond acceptors (Lipinski definition) is 9. The molecule has 1 aliphatic rings. The number of nitrogens with zero attached hydrogens (tertiary/aromatic N) is 1. The lowest BCUT2D eigenvalue weighted by Crippen LogP contribution is -2.48. The molecule has 1 aromatic heterocycles. The van der Waals surface area contributed by atoms with Crippen molar-refractivity contribution in [3.63, 3.8) is 0 Å². The monoisotopic (exact) mass is 908 g/mol. The van der Waals surface area contributed by atoms with Gasteiger partial charge in [0.15, 0.2) is 5.78 Å². The van der Waals surface area contributed by atoms with E-state index < -0.39 is 18.2 Å². The van der Waals surface area contributed by atoms with Crippen LogP contribution in [0.4, 0.5) is 4.79 Å². The van der Waals surface area contributed by atoms with Gasteiger partial charge in [0, 0.05) is 34.6 Å². The molecule has 5 N–H and O–H groups in total. The van der Waals surface area contributed by atoms with Gasteiger partial charge in [0.1, 0.15) is 17.6 Å². The molecule has 0 saturated carbocycles. The van der Waals surface area contributed by atoms with Crippen LogP contribution in [-0.2, 0) is 4.74 Å². The molecular weight excluding hydrogens is 848 g/mol. The number of rotatable bonds is 23. The van der Waals surface area contributed by atoms with Crippen LogP contribution >= 0.6 is 15.9 Å². The Balaban J connectivity index is 0.925. The quantitative estimate of drug-likeness (QED) is 0.0319. The number of aromatic amines is 1. The molecule has 5 aromatic rings. The average molecular weight is 910 g/mol. The van der Waals surface area contributed by atoms with Crippen molar-refractivity contribution in [2.24, 2.45) is 5.92 Å². The average Bonchev–Trinajstić information content (AvgIpc) is 3.28. The number of Topliss-reactive ketones (excluding diaryl/α,β-unsaturated/α-hetero) is 1. The van der Waals surface area contributed by atoms with Gasteiger partial charge < -0.3 is 35.3 Å². The van der Waals surface area contributed by atoms with Gasteiger partial charge in [0.25, 0.3) is 0 Å². The van der Waals surface area contributed by atoms with Crippen LogP contribution in [0, 0.1) is 5.92 Å². The van der Waals surface area contributed by atoms with Crippen molar-refractivity contribution < 1.29 is 29.3 Å². The number of phenols is 1. The Morgan fingerprint density at radius 3 is 2.37 bits per heavy atom. The Morgan fingerprint density at radius 2 is 1.61 bits per heavy atom. The summed E-state index contributed by atoms with van der Waals surface area (Å²) in [7, 11) is 0. The molecule has 330 valence electrons. The third kappa shape index (κ3) is 13.5. The molecule has 1 fully saturated rings. The Labute approximate surface area is 373 Å². The van der Waals surface area contributed by atoms with E-state index in [2.05, 4.69) is 43.4 Å². The lowest BCUT2D eigenvalue weighted by Gasteiger charge is -2.38. The Morgan fingerprint density at radius 1 is 0.887 bits per heavy atom. The number of amides is 1. The number of ketones is 1. The fourth-order valence-electron chi connectivity index (χ4n) is 8.36. The van der Waals surface area contributed by atoms with Crippen molar-refractivity contribution in [3.05, 3.63) is 140 Å². The maximum Gasteiger partial charge on any atom is 0.408 e. The highest BCUT2D eigenvalue weighted by molar-refractivity contribution is 9.10. The molecule has 62 heavy (non-hydrogen) atoms. The second-order valence-corrected chi connectivity index (χ2v) is 17.2. The number of halogens is 1. The number of aliphatic hydroxyl groups excluding tert-OH is 1. The third-order valence-electron chi connectivity index (χ3n) is 11.7. The molecule has 1 amide bonds. The molecule has 0 radical (unpaired) electrons. The highest BCUT2D eigenvalue weighted by atomic mass is 79.9. The second kappa shape index (κ2) is 24.0. The number of H-pyrrole nitrogens is 1. The predicted molar refractivity (Wildman–Crippen MR) is 248 cm³/mol. The number of benzene rings is 4. The van der Waals surface area contributed by atoms with Crippen LogP contribution in [0.2, 0.25) is 0 Å². The van der Waals surface area contributed by atoms with Crippen LogP contribution in [0.25, 0.3) is 10.9 Å². The fourth-order valence-corrected chi connectivity index (χ4v) is 8.83. The zero-order chi connectivity index (χ0) is 43.7. The number of carbonyl (C=O) groups excluding carboxylic acids is 2. The Bertz CT molecular complexity index is 2240. The van der Waals surface area contributed by atoms with E-state index in [1.807, 2.05) is 78.9 Å². The maximum absolute atomic E-state index is 13.8. The van der Waals surface area contributed by atoms with E-state index >= 15 is 0 Å². The van der Waals surface area contributed by atoms with Crippen molar-refractivity contribution in [2.45, 2.75) is 89.4 Å². The fraction of sp³-hybridized carbons (Fsp3) is 0.420. The standard InChI is InChI=1S/C50H61BrN4O7/c1-2-16-36-27-29-55(33-45(58)35-17-10-8-11-18-35)34-46(36)62-50(60)54-48(37-19-12-9-13-20-37)41-31-38(21-24-42(41)51)61-30-15-7-5-3-4-6-14-28-52-32-44(57)39-22-25-43(56)49-40(39)23-26-47(59)53-49/h8-13,17-26,31,36,44,46,48,52,56-57H,2-7,14-16,27-30,32-34H2,1H3,(H,53,59)(H,54,60)/t36?,44-,46-,48?/m0/s1. The van der Waals surface area contributed by atoms with E-state index in [1.54, 1.807) is 12.1 Å². The van der Waals surface area contributed by atoms with Crippen molar-refractivity contribution >= 4 is 38.7 Å². The smallest absolute Gasteiger partial charge is 0.408 e. The summed E-state index contributed by atoms with van der Waals surface area (Å²) in [6.45, 7) is 5.52. The third-order valence-corrected chi connectivity index (χ3v) is 12.4. The molecule has 0 bridgehead atoms. The number of pyridine rings is 1. The first-order valence-corrected chi connectivity index (χ1v) is 23.0. The Kier molecular flexibility index (Phi) is 18.0. The molecule has 4 atom stereocenters. The predicted octanol–water partition coefficient (Wildman–Crippen LogP) is 9.62. The van der Waals surface area contributed by atoms with Gasteiger partial charge in [0.2, 0.25) is 5.56 Å². The minimum Gasteiger partial charge on any atom is -0.506 e. The number of ether oxygens (including phenoxy) is 2. The number of piperidine rings is 1. The topological polar surface area (TPSA) is 153 Å². The van der Waals surface area contributed by atoms with Crippen molar-refractivity contribution in [3.8, 4) is 11.5 Å². The summed E-state index contributed by atoms with van der Waals surface area (Å²) < 4.78 is 13.3. The van der Waals surface area contributed by atoms with Gasteiger partial charge in [-0.2, -0.15) is 0 Å². The summed E-state index contributed by atoms with van der Waals surface area (Å²) in [5.41, 5.74) is 3.17. The lowest BCUT2D eigenvalue weighted by atomic mass is 9.89. The molecular formula is C50H61BrN4O7. The molecule has 12 heteroatoms. The molecule has 6 rings (SSSR count). The van der Waals surface area contributed by atoms with Crippen LogP contribution in [0.3, 0.4) is 0 Å². The van der Waals surface area contributed by atoms with Gasteiger partial charge in [-0.3, -0.25) is 14.5 Å². The number of likely N-dealkylation sites (tertiary alicyclic amines) is 1. The summed E-state index contributed by atoms with van der Waals surface area (Å²) in [5.74, 6) is 1.00. The van der Waals surface area contributed by atoms with Gasteiger partial charge in [-0.1, -0.05) is 128 Å². The molecule has 1 saturated heterocycles. The molecule has 4 aromatic carbocycles. The van der Waals surface area contributed by atoms with Crippen LogP contribution in [0.15, 0.2) is 112 Å². The summed E-state index contributed by atoms with van der Waals surface area (Å²) >= 11 is 3.74. The minimum atomic E-state index is -0.760. The number of carbonyl (C=O) groups is 2. The maximum atomic E-state index is 13.8. The van der Waals surface area contributed by atoms with E-state index in [1.165, 1.54) is 12.1 Å². The number of aliphatic hydroxyl groups is 1. The number of hydrogen-bond donors (Lipinski definition) is 5. The van der Waals surface area contributed by atoms with E-state index in [0.29, 0.717) is 48.3 Å². The van der Waals surface area contributed by atoms with Crippen LogP contribution < -0.4 is 20.9 Å². The van der Waals surface area contributed by atoms with Gasteiger partial charge in [0.05, 0.1) is 30.8 Å². The molecule has 2 unspecified atom stereocenters. The van der Waals surface area contributed by atoms with E-state index in [9.17, 15) is 24.6 Å². The van der Waals surface area contributed by atoms with Gasteiger partial charge in [-0.25, -0.2) is 4.79 Å². The molecule has 11 nitrogen and oxygen atoms in total. The lowest BCUT2D eigenvalue weighted by molar-refractivity contribution is 0.00164. The first-order chi connectivity index (χ1) is 30.2. The SMILES string of the molecule is CCCC1CCN(CC(=O)c2ccccc2)C[C@@H]1OC(=O)NC(c1ccccc1)c1cc(OCCCCCCCCCNC[C@H](O)c2ccc(O)c3[nH]c(=O)ccc23)ccc1Br. The van der Waals surface area contributed by atoms with Crippen LogP contribution in [-0.4, -0.2) is 77.4 Å². The van der Waals surface area contributed by atoms with Crippen molar-refractivity contribution in [2.75, 3.05) is 39.3 Å². The number of aromatic hydroxyl groups is 1. The van der Waals surface area contributed by atoms with Crippen LogP contribution in [0.1, 0.15) is 110 Å². The molecule has 1 aliphatic heterocycles. The van der Waals surface area contributed by atoms with Crippen LogP contribution in [0.5, 0.6) is 11.5 Å². The minimum absolute atomic E-state index is 0.0181. The summed E-state index contributed by atoms with van der Waals surface area (Å²) in [4.78, 5) is 43.3. The zero-order valence-electron chi connectivity index (χ0n) is 35.7. The van der Waals surface area contributed by atoms with E-state index in [4.69, 9.17) is 9.47 Å². The molecule has 0 aliphatic carbocycles. The first kappa shape index (κ1) is 46.5. The van der Waals surface area contributed by atoms with Gasteiger partial charge in [-0.05, 0) is 91.7 Å². The summed E-state index contributed by atoms with van der Waals surface area (Å²) in [6, 6.07) is 30.8. The normalized spacial score (nSPS) is 16.4. The largest absolute Gasteiger partial charge is 0.506 e. The number of fused-ring (bicyclic) bond motifs is 1. The van der Waals surface area contributed by atoms with Gasteiger partial charge >= 0.3 is 6.09 Å².